The summed E-state index contributed by atoms with van der Waals surface area (Å²) in [5.41, 5.74) is 0. The fourth-order valence-corrected chi connectivity index (χ4v) is 1.10. The van der Waals surface area contributed by atoms with Crippen LogP contribution in [-0.4, -0.2) is 6.18 Å². The monoisotopic (exact) mass is 138 g/mol. The van der Waals surface area contributed by atoms with E-state index in [0.717, 1.165) is 0 Å². The molecule has 1 aliphatic rings. The number of hydrogen-bond acceptors (Lipinski definition) is 0. The second-order valence-corrected chi connectivity index (χ2v) is 2.55. The van der Waals surface area contributed by atoms with Crippen molar-refractivity contribution in [3.63, 3.8) is 0 Å². The van der Waals surface area contributed by atoms with E-state index in [9.17, 15) is 13.2 Å². The van der Waals surface area contributed by atoms with Crippen molar-refractivity contribution in [3.05, 3.63) is 0 Å². The Morgan fingerprint density at radius 2 is 2.00 bits per heavy atom. The summed E-state index contributed by atoms with van der Waals surface area (Å²) >= 11 is 0. The summed E-state index contributed by atoms with van der Waals surface area (Å²) in [6, 6.07) is 0. The molecule has 0 bridgehead atoms. The molecule has 0 aromatic carbocycles. The molecule has 0 unspecified atom stereocenters. The van der Waals surface area contributed by atoms with Crippen LogP contribution in [0.2, 0.25) is 0 Å². The molecule has 0 nitrogen and oxygen atoms in total. The summed E-state index contributed by atoms with van der Waals surface area (Å²) in [6.07, 6.45) is -2.88. The number of halogens is 3. The van der Waals surface area contributed by atoms with Gasteiger partial charge in [-0.2, -0.15) is 13.2 Å². The van der Waals surface area contributed by atoms with E-state index >= 15 is 0 Å². The summed E-state index contributed by atoms with van der Waals surface area (Å²) in [7, 11) is 0. The molecule has 1 saturated carbocycles. The lowest BCUT2D eigenvalue weighted by Gasteiger charge is -2.02. The first-order valence-corrected chi connectivity index (χ1v) is 3.12. The summed E-state index contributed by atoms with van der Waals surface area (Å²) in [5.74, 6) is -1.03. The number of hydrogen-bond donors (Lipinski definition) is 0. The molecular formula is C6H9F3. The SMILES string of the molecule is CC[C@H]1C[C@@H]1C(F)(F)F. The molecule has 0 heterocycles. The zero-order chi connectivity index (χ0) is 7.07. The van der Waals surface area contributed by atoms with Crippen LogP contribution < -0.4 is 0 Å². The Bertz CT molecular complexity index is 105. The standard InChI is InChI=1S/C6H9F3/c1-2-4-3-5(4)6(7,8)9/h4-5H,2-3H2,1H3/t4-,5-/m0/s1. The average molecular weight is 138 g/mol. The van der Waals surface area contributed by atoms with Crippen molar-refractivity contribution >= 4 is 0 Å². The smallest absolute Gasteiger partial charge is 0.171 e. The van der Waals surface area contributed by atoms with Crippen LogP contribution in [0.1, 0.15) is 19.8 Å². The van der Waals surface area contributed by atoms with E-state index in [4.69, 9.17) is 0 Å². The van der Waals surface area contributed by atoms with Crippen molar-refractivity contribution in [3.8, 4) is 0 Å². The van der Waals surface area contributed by atoms with Gasteiger partial charge in [-0.15, -0.1) is 0 Å². The highest BCUT2D eigenvalue weighted by molar-refractivity contribution is 4.90. The Hall–Kier alpha value is -0.210. The lowest BCUT2D eigenvalue weighted by Crippen LogP contribution is -2.11. The van der Waals surface area contributed by atoms with Gasteiger partial charge in [0.25, 0.3) is 0 Å². The zero-order valence-corrected chi connectivity index (χ0v) is 5.20. The van der Waals surface area contributed by atoms with Crippen LogP contribution >= 0.6 is 0 Å². The molecule has 0 aromatic rings. The van der Waals surface area contributed by atoms with Crippen LogP contribution in [-0.2, 0) is 0 Å². The maximum atomic E-state index is 11.7. The normalized spacial score (nSPS) is 34.7. The van der Waals surface area contributed by atoms with Gasteiger partial charge in [0.05, 0.1) is 5.92 Å². The van der Waals surface area contributed by atoms with Gasteiger partial charge in [0, 0.05) is 0 Å². The van der Waals surface area contributed by atoms with Crippen LogP contribution in [0.5, 0.6) is 0 Å². The van der Waals surface area contributed by atoms with Gasteiger partial charge in [0.15, 0.2) is 0 Å². The third-order valence-corrected chi connectivity index (χ3v) is 1.87. The van der Waals surface area contributed by atoms with Crippen LogP contribution in [0.25, 0.3) is 0 Å². The molecule has 0 saturated heterocycles. The molecule has 3 heteroatoms. The first-order chi connectivity index (χ1) is 4.05. The van der Waals surface area contributed by atoms with E-state index in [1.54, 1.807) is 6.92 Å². The predicted molar refractivity (Wildman–Crippen MR) is 27.9 cm³/mol. The molecule has 9 heavy (non-hydrogen) atoms. The molecule has 54 valence electrons. The van der Waals surface area contributed by atoms with Gasteiger partial charge in [0.2, 0.25) is 0 Å². The first-order valence-electron chi connectivity index (χ1n) is 3.12. The Morgan fingerprint density at radius 1 is 1.44 bits per heavy atom. The third kappa shape index (κ3) is 1.37. The molecule has 0 N–H and O–H groups in total. The minimum absolute atomic E-state index is 0.0648. The van der Waals surface area contributed by atoms with E-state index in [-0.39, 0.29) is 5.92 Å². The van der Waals surface area contributed by atoms with E-state index in [2.05, 4.69) is 0 Å². The highest BCUT2D eigenvalue weighted by Crippen LogP contribution is 2.51. The Kier molecular flexibility index (Phi) is 1.45. The fraction of sp³-hybridized carbons (Fsp3) is 1.00. The molecule has 0 radical (unpaired) electrons. The van der Waals surface area contributed by atoms with Crippen molar-refractivity contribution in [1.82, 2.24) is 0 Å². The van der Waals surface area contributed by atoms with Crippen molar-refractivity contribution in [2.45, 2.75) is 25.9 Å². The van der Waals surface area contributed by atoms with Gasteiger partial charge in [-0.1, -0.05) is 13.3 Å². The Balaban J connectivity index is 2.33. The second-order valence-electron chi connectivity index (χ2n) is 2.55. The zero-order valence-electron chi connectivity index (χ0n) is 5.20. The maximum absolute atomic E-state index is 11.7. The molecule has 1 rings (SSSR count). The van der Waals surface area contributed by atoms with Crippen LogP contribution in [0.4, 0.5) is 13.2 Å². The van der Waals surface area contributed by atoms with Crippen molar-refractivity contribution in [1.29, 1.82) is 0 Å². The second kappa shape index (κ2) is 1.89. The molecular weight excluding hydrogens is 129 g/mol. The van der Waals surface area contributed by atoms with Gasteiger partial charge in [0.1, 0.15) is 0 Å². The predicted octanol–water partition coefficient (Wildman–Crippen LogP) is 2.59. The van der Waals surface area contributed by atoms with E-state index in [1.807, 2.05) is 0 Å². The number of rotatable bonds is 1. The summed E-state index contributed by atoms with van der Waals surface area (Å²) < 4.78 is 35.0. The molecule has 2 atom stereocenters. The van der Waals surface area contributed by atoms with Gasteiger partial charge >= 0.3 is 6.18 Å². The molecule has 0 aromatic heterocycles. The van der Waals surface area contributed by atoms with E-state index in [1.165, 1.54) is 0 Å². The minimum Gasteiger partial charge on any atom is -0.171 e. The number of alkyl halides is 3. The van der Waals surface area contributed by atoms with E-state index in [0.29, 0.717) is 12.8 Å². The van der Waals surface area contributed by atoms with Crippen LogP contribution in [0, 0.1) is 11.8 Å². The fourth-order valence-electron chi connectivity index (χ4n) is 1.10. The van der Waals surface area contributed by atoms with Crippen LogP contribution in [0.15, 0.2) is 0 Å². The molecule has 0 spiro atoms. The minimum atomic E-state index is -3.92. The van der Waals surface area contributed by atoms with Gasteiger partial charge in [-0.05, 0) is 12.3 Å². The highest BCUT2D eigenvalue weighted by Gasteiger charge is 2.54. The highest BCUT2D eigenvalue weighted by atomic mass is 19.4. The molecule has 1 fully saturated rings. The lowest BCUT2D eigenvalue weighted by molar-refractivity contribution is -0.151. The molecule has 0 amide bonds. The lowest BCUT2D eigenvalue weighted by atomic mass is 10.2. The van der Waals surface area contributed by atoms with Crippen LogP contribution in [0.3, 0.4) is 0 Å². The largest absolute Gasteiger partial charge is 0.392 e. The Morgan fingerprint density at radius 3 is 2.11 bits per heavy atom. The third-order valence-electron chi connectivity index (χ3n) is 1.87. The van der Waals surface area contributed by atoms with Gasteiger partial charge < -0.3 is 0 Å². The molecule has 1 aliphatic carbocycles. The van der Waals surface area contributed by atoms with Crippen molar-refractivity contribution < 1.29 is 13.2 Å². The first kappa shape index (κ1) is 6.90. The molecule has 0 aliphatic heterocycles. The van der Waals surface area contributed by atoms with Crippen molar-refractivity contribution in [2.24, 2.45) is 11.8 Å². The average Bonchev–Trinajstić information content (AvgIpc) is 2.39. The summed E-state index contributed by atoms with van der Waals surface area (Å²) in [6.45, 7) is 1.80. The van der Waals surface area contributed by atoms with Gasteiger partial charge in [-0.25, -0.2) is 0 Å². The van der Waals surface area contributed by atoms with Crippen molar-refractivity contribution in [2.75, 3.05) is 0 Å². The van der Waals surface area contributed by atoms with E-state index < -0.39 is 12.1 Å². The Labute approximate surface area is 52.1 Å². The summed E-state index contributed by atoms with van der Waals surface area (Å²) in [4.78, 5) is 0. The topological polar surface area (TPSA) is 0 Å². The van der Waals surface area contributed by atoms with Gasteiger partial charge in [-0.3, -0.25) is 0 Å². The summed E-state index contributed by atoms with van der Waals surface area (Å²) in [5, 5.41) is 0. The quantitative estimate of drug-likeness (QED) is 0.522. The maximum Gasteiger partial charge on any atom is 0.392 e.